The molecular formula is C36H49N3O8. The molecule has 2 amide bonds. The van der Waals surface area contributed by atoms with Gasteiger partial charge in [0.2, 0.25) is 23.0 Å². The summed E-state index contributed by atoms with van der Waals surface area (Å²) in [7, 11) is 6.04. The number of esters is 1. The number of aryl methyl sites for hydroxylation is 1. The van der Waals surface area contributed by atoms with E-state index in [-0.39, 0.29) is 46.7 Å². The van der Waals surface area contributed by atoms with Crippen molar-refractivity contribution in [3.05, 3.63) is 45.6 Å². The minimum Gasteiger partial charge on any atom is -0.493 e. The topological polar surface area (TPSA) is 141 Å². The van der Waals surface area contributed by atoms with Crippen molar-refractivity contribution in [2.45, 2.75) is 84.2 Å². The Kier molecular flexibility index (Phi) is 11.8. The number of anilines is 1. The van der Waals surface area contributed by atoms with E-state index in [9.17, 15) is 19.2 Å². The van der Waals surface area contributed by atoms with Crippen molar-refractivity contribution in [1.29, 1.82) is 0 Å². The average molecular weight is 652 g/mol. The van der Waals surface area contributed by atoms with Gasteiger partial charge in [-0.2, -0.15) is 0 Å². The van der Waals surface area contributed by atoms with E-state index in [0.717, 1.165) is 43.2 Å². The van der Waals surface area contributed by atoms with Gasteiger partial charge in [-0.3, -0.25) is 19.2 Å². The zero-order chi connectivity index (χ0) is 34.3. The molecule has 11 heteroatoms. The number of carbonyl (C=O) groups is 3. The predicted molar refractivity (Wildman–Crippen MR) is 180 cm³/mol. The molecular weight excluding hydrogens is 602 g/mol. The normalized spacial score (nSPS) is 17.2. The summed E-state index contributed by atoms with van der Waals surface area (Å²) in [6.07, 6.45) is 6.15. The molecule has 2 aliphatic rings. The maximum Gasteiger partial charge on any atom is 0.306 e. The van der Waals surface area contributed by atoms with Gasteiger partial charge in [0.1, 0.15) is 6.04 Å². The van der Waals surface area contributed by atoms with E-state index in [1.54, 1.807) is 20.3 Å². The van der Waals surface area contributed by atoms with Crippen LogP contribution in [-0.2, 0) is 25.5 Å². The molecule has 2 aromatic rings. The zero-order valence-electron chi connectivity index (χ0n) is 28.7. The molecule has 2 aliphatic carbocycles. The molecule has 3 N–H and O–H groups in total. The number of fused-ring (bicyclic) bond motifs is 3. The van der Waals surface area contributed by atoms with Crippen molar-refractivity contribution < 1.29 is 33.3 Å². The first kappa shape index (κ1) is 35.6. The van der Waals surface area contributed by atoms with E-state index in [1.807, 2.05) is 26.0 Å². The van der Waals surface area contributed by atoms with Crippen molar-refractivity contribution in [2.24, 2.45) is 11.3 Å². The molecule has 256 valence electrons. The fraction of sp³-hybridized carbons (Fsp3) is 0.556. The van der Waals surface area contributed by atoms with Gasteiger partial charge in [-0.25, -0.2) is 0 Å². The second kappa shape index (κ2) is 15.5. The molecule has 2 aromatic carbocycles. The standard InChI is InChI=1S/C36H49N3O8/c1-21(2)32(35(43)37-20-36(19-30(42)45-5)15-9-8-10-16-36)39-27-14-12-24-25(18-28(27)41)26(38-22(3)40)13-11-23-17-29(44-4)33(46-6)34(47-7)31(23)24/h12,14,17-18,21,26,32H,8-11,13,15-16,19-20H2,1-7H3,(H,37,43)(H,38,40)(H,39,41). The van der Waals surface area contributed by atoms with Gasteiger partial charge in [-0.1, -0.05) is 39.2 Å². The molecule has 0 bridgehead atoms. The Balaban J connectivity index is 1.74. The van der Waals surface area contributed by atoms with Gasteiger partial charge in [-0.05, 0) is 71.9 Å². The molecule has 0 saturated heterocycles. The Morgan fingerprint density at radius 2 is 1.66 bits per heavy atom. The third-order valence-corrected chi connectivity index (χ3v) is 9.47. The third-order valence-electron chi connectivity index (χ3n) is 9.47. The molecule has 1 saturated carbocycles. The maximum atomic E-state index is 13.9. The SMILES string of the molecule is COC(=O)CC1(CNC(=O)C(Nc2ccc3c(cc2=O)C(NC(C)=O)CCc2cc(OC)c(OC)c(OC)c2-3)C(C)C)CCCCC1. The van der Waals surface area contributed by atoms with Crippen LogP contribution >= 0.6 is 0 Å². The lowest BCUT2D eigenvalue weighted by molar-refractivity contribution is -0.144. The van der Waals surface area contributed by atoms with Crippen LogP contribution in [-0.4, -0.2) is 58.8 Å². The van der Waals surface area contributed by atoms with E-state index in [1.165, 1.54) is 27.2 Å². The third kappa shape index (κ3) is 8.00. The van der Waals surface area contributed by atoms with Crippen LogP contribution in [0, 0.1) is 11.3 Å². The summed E-state index contributed by atoms with van der Waals surface area (Å²) in [5.41, 5.74) is 2.58. The summed E-state index contributed by atoms with van der Waals surface area (Å²) in [6, 6.07) is 5.77. The van der Waals surface area contributed by atoms with Crippen molar-refractivity contribution in [3.63, 3.8) is 0 Å². The van der Waals surface area contributed by atoms with Crippen LogP contribution in [0.15, 0.2) is 29.1 Å². The molecule has 2 atom stereocenters. The minimum absolute atomic E-state index is 0.162. The highest BCUT2D eigenvalue weighted by Crippen LogP contribution is 2.50. The summed E-state index contributed by atoms with van der Waals surface area (Å²) in [5.74, 6) is 0.492. The van der Waals surface area contributed by atoms with Gasteiger partial charge in [0.15, 0.2) is 11.5 Å². The first-order chi connectivity index (χ1) is 22.5. The monoisotopic (exact) mass is 651 g/mol. The Morgan fingerprint density at radius 1 is 0.957 bits per heavy atom. The highest BCUT2D eigenvalue weighted by atomic mass is 16.5. The predicted octanol–water partition coefficient (Wildman–Crippen LogP) is 4.93. The smallest absolute Gasteiger partial charge is 0.306 e. The molecule has 2 unspecified atom stereocenters. The van der Waals surface area contributed by atoms with Crippen LogP contribution in [0.2, 0.25) is 0 Å². The Hall–Kier alpha value is -4.28. The highest BCUT2D eigenvalue weighted by molar-refractivity contribution is 5.86. The van der Waals surface area contributed by atoms with Gasteiger partial charge in [-0.15, -0.1) is 0 Å². The lowest BCUT2D eigenvalue weighted by Gasteiger charge is -2.37. The van der Waals surface area contributed by atoms with Crippen LogP contribution in [0.25, 0.3) is 11.1 Å². The molecule has 1 fully saturated rings. The second-order valence-electron chi connectivity index (χ2n) is 13.0. The van der Waals surface area contributed by atoms with Crippen LogP contribution in [0.5, 0.6) is 17.2 Å². The summed E-state index contributed by atoms with van der Waals surface area (Å²) >= 11 is 0. The number of carbonyl (C=O) groups excluding carboxylic acids is 3. The lowest BCUT2D eigenvalue weighted by Crippen LogP contribution is -2.48. The summed E-state index contributed by atoms with van der Waals surface area (Å²) in [5, 5.41) is 9.34. The van der Waals surface area contributed by atoms with Crippen molar-refractivity contribution in [3.8, 4) is 28.4 Å². The summed E-state index contributed by atoms with van der Waals surface area (Å²) in [4.78, 5) is 52.1. The minimum atomic E-state index is -0.721. The van der Waals surface area contributed by atoms with E-state index in [4.69, 9.17) is 18.9 Å². The van der Waals surface area contributed by atoms with Crippen molar-refractivity contribution >= 4 is 23.5 Å². The van der Waals surface area contributed by atoms with Crippen molar-refractivity contribution in [2.75, 3.05) is 40.3 Å². The van der Waals surface area contributed by atoms with Gasteiger partial charge >= 0.3 is 5.97 Å². The van der Waals surface area contributed by atoms with Crippen LogP contribution in [0.1, 0.15) is 82.9 Å². The lowest BCUT2D eigenvalue weighted by atomic mass is 9.71. The molecule has 0 aromatic heterocycles. The summed E-state index contributed by atoms with van der Waals surface area (Å²) < 4.78 is 22.1. The number of amides is 2. The number of benzene rings is 1. The maximum absolute atomic E-state index is 13.9. The second-order valence-corrected chi connectivity index (χ2v) is 13.0. The van der Waals surface area contributed by atoms with Gasteiger partial charge < -0.3 is 34.9 Å². The fourth-order valence-electron chi connectivity index (χ4n) is 7.01. The van der Waals surface area contributed by atoms with Crippen molar-refractivity contribution in [1.82, 2.24) is 10.6 Å². The van der Waals surface area contributed by atoms with Gasteiger partial charge in [0.05, 0.1) is 46.6 Å². The van der Waals surface area contributed by atoms with E-state index >= 15 is 0 Å². The van der Waals surface area contributed by atoms with E-state index in [0.29, 0.717) is 47.8 Å². The molecule has 11 nitrogen and oxygen atoms in total. The number of rotatable bonds is 12. The molecule has 0 heterocycles. The largest absolute Gasteiger partial charge is 0.493 e. The number of ether oxygens (including phenoxy) is 4. The number of methoxy groups -OCH3 is 4. The number of hydrogen-bond donors (Lipinski definition) is 3. The quantitative estimate of drug-likeness (QED) is 0.273. The van der Waals surface area contributed by atoms with Gasteiger partial charge in [0, 0.05) is 19.0 Å². The number of nitrogens with one attached hydrogen (secondary N) is 3. The highest BCUT2D eigenvalue weighted by Gasteiger charge is 2.36. The van der Waals surface area contributed by atoms with Gasteiger partial charge in [0.25, 0.3) is 0 Å². The molecule has 47 heavy (non-hydrogen) atoms. The molecule has 0 spiro atoms. The van der Waals surface area contributed by atoms with E-state index < -0.39 is 12.1 Å². The summed E-state index contributed by atoms with van der Waals surface area (Å²) in [6.45, 7) is 5.64. The van der Waals surface area contributed by atoms with Crippen LogP contribution in [0.4, 0.5) is 5.69 Å². The molecule has 0 aliphatic heterocycles. The average Bonchev–Trinajstić information content (AvgIpc) is 3.29. The Labute approximate surface area is 277 Å². The molecule has 4 rings (SSSR count). The first-order valence-corrected chi connectivity index (χ1v) is 16.4. The molecule has 0 radical (unpaired) electrons. The first-order valence-electron chi connectivity index (χ1n) is 16.4. The Bertz CT molecular complexity index is 1530. The Morgan fingerprint density at radius 3 is 2.26 bits per heavy atom. The fourth-order valence-corrected chi connectivity index (χ4v) is 7.01. The van der Waals surface area contributed by atoms with Crippen LogP contribution < -0.4 is 35.6 Å². The van der Waals surface area contributed by atoms with E-state index in [2.05, 4.69) is 16.0 Å². The van der Waals surface area contributed by atoms with Crippen LogP contribution in [0.3, 0.4) is 0 Å². The zero-order valence-corrected chi connectivity index (χ0v) is 28.7. The number of hydrogen-bond acceptors (Lipinski definition) is 9.